The van der Waals surface area contributed by atoms with Crippen LogP contribution in [0.3, 0.4) is 0 Å². The average Bonchev–Trinajstić information content (AvgIpc) is 2.69. The van der Waals surface area contributed by atoms with E-state index in [4.69, 9.17) is 0 Å². The number of rotatable bonds is 4. The molecule has 2 unspecified atom stereocenters. The summed E-state index contributed by atoms with van der Waals surface area (Å²) in [5, 5.41) is 0. The Morgan fingerprint density at radius 3 is 2.33 bits per heavy atom. The van der Waals surface area contributed by atoms with Crippen LogP contribution in [0.1, 0.15) is 52.4 Å². The summed E-state index contributed by atoms with van der Waals surface area (Å²) >= 11 is 0. The zero-order valence-electron chi connectivity index (χ0n) is 16.0. The predicted molar refractivity (Wildman–Crippen MR) is 95.1 cm³/mol. The van der Waals surface area contributed by atoms with Crippen molar-refractivity contribution in [2.24, 2.45) is 17.3 Å². The second-order valence-electron chi connectivity index (χ2n) is 9.64. The summed E-state index contributed by atoms with van der Waals surface area (Å²) in [7, 11) is 6.44. The molecule has 1 fully saturated rings. The van der Waals surface area contributed by atoms with Crippen molar-refractivity contribution in [3.8, 4) is 0 Å². The molecule has 0 saturated carbocycles. The second kappa shape index (κ2) is 5.98. The highest BCUT2D eigenvalue weighted by molar-refractivity contribution is 6.05. The van der Waals surface area contributed by atoms with Gasteiger partial charge in [-0.25, -0.2) is 0 Å². The van der Waals surface area contributed by atoms with Gasteiger partial charge in [0.05, 0.1) is 39.5 Å². The molecular formula is C20H33N2O2+. The van der Waals surface area contributed by atoms with Crippen molar-refractivity contribution in [2.75, 3.05) is 34.2 Å². The molecule has 24 heavy (non-hydrogen) atoms. The average molecular weight is 333 g/mol. The van der Waals surface area contributed by atoms with Crippen LogP contribution in [0, 0.1) is 17.3 Å². The zero-order chi connectivity index (χ0) is 17.7. The van der Waals surface area contributed by atoms with Gasteiger partial charge in [0.25, 0.3) is 0 Å². The number of quaternary nitrogens is 1. The Morgan fingerprint density at radius 1 is 1.08 bits per heavy atom. The highest BCUT2D eigenvalue weighted by Gasteiger charge is 2.51. The third-order valence-electron chi connectivity index (χ3n) is 6.28. The van der Waals surface area contributed by atoms with E-state index in [9.17, 15) is 9.59 Å². The molecule has 4 heteroatoms. The van der Waals surface area contributed by atoms with E-state index in [1.165, 1.54) is 24.0 Å². The summed E-state index contributed by atoms with van der Waals surface area (Å²) in [5.41, 5.74) is 3.19. The highest BCUT2D eigenvalue weighted by atomic mass is 16.2. The fraction of sp³-hybridized carbons (Fsp3) is 0.800. The van der Waals surface area contributed by atoms with Gasteiger partial charge >= 0.3 is 0 Å². The second-order valence-corrected chi connectivity index (χ2v) is 9.64. The molecule has 0 radical (unpaired) electrons. The van der Waals surface area contributed by atoms with Crippen molar-refractivity contribution in [1.82, 2.24) is 4.90 Å². The minimum Gasteiger partial charge on any atom is -0.331 e. The SMILES string of the molecule is CC1(C)CCCC2=C1CC1C(=O)N(CCC[N+](C)(C)C)C(=O)C1C2. The number of imide groups is 1. The number of allylic oxidation sites excluding steroid dienone is 2. The molecule has 3 aliphatic rings. The summed E-state index contributed by atoms with van der Waals surface area (Å²) in [6.45, 7) is 6.19. The van der Waals surface area contributed by atoms with E-state index < -0.39 is 0 Å². The molecule has 0 aromatic heterocycles. The maximum absolute atomic E-state index is 12.9. The Bertz CT molecular complexity index is 583. The first-order valence-electron chi connectivity index (χ1n) is 9.47. The van der Waals surface area contributed by atoms with Gasteiger partial charge in [0.2, 0.25) is 11.8 Å². The van der Waals surface area contributed by atoms with Crippen LogP contribution in [0.4, 0.5) is 0 Å². The van der Waals surface area contributed by atoms with Crippen LogP contribution >= 0.6 is 0 Å². The lowest BCUT2D eigenvalue weighted by molar-refractivity contribution is -0.870. The largest absolute Gasteiger partial charge is 0.331 e. The Morgan fingerprint density at radius 2 is 1.71 bits per heavy atom. The summed E-state index contributed by atoms with van der Waals surface area (Å²) < 4.78 is 0.868. The van der Waals surface area contributed by atoms with Crippen LogP contribution in [-0.4, -0.2) is 55.4 Å². The Kier molecular flexibility index (Phi) is 4.40. The van der Waals surface area contributed by atoms with Gasteiger partial charge in [-0.2, -0.15) is 0 Å². The molecule has 134 valence electrons. The minimum absolute atomic E-state index is 0.0747. The van der Waals surface area contributed by atoms with Crippen molar-refractivity contribution < 1.29 is 14.1 Å². The van der Waals surface area contributed by atoms with Crippen molar-refractivity contribution in [1.29, 1.82) is 0 Å². The third kappa shape index (κ3) is 3.17. The summed E-state index contributed by atoms with van der Waals surface area (Å²) in [6, 6.07) is 0. The van der Waals surface area contributed by atoms with Crippen LogP contribution in [0.5, 0.6) is 0 Å². The first kappa shape index (κ1) is 17.7. The lowest BCUT2D eigenvalue weighted by atomic mass is 9.63. The summed E-state index contributed by atoms with van der Waals surface area (Å²) in [5.74, 6) is 0.0349. The van der Waals surface area contributed by atoms with Crippen molar-refractivity contribution in [3.63, 3.8) is 0 Å². The number of carbonyl (C=O) groups is 2. The Hall–Kier alpha value is -1.16. The van der Waals surface area contributed by atoms with Gasteiger partial charge in [0, 0.05) is 13.0 Å². The number of fused-ring (bicyclic) bond motifs is 1. The first-order valence-corrected chi connectivity index (χ1v) is 9.47. The Labute approximate surface area is 146 Å². The molecule has 2 atom stereocenters. The van der Waals surface area contributed by atoms with Crippen LogP contribution in [0.25, 0.3) is 0 Å². The van der Waals surface area contributed by atoms with Crippen LogP contribution < -0.4 is 0 Å². The van der Waals surface area contributed by atoms with Gasteiger partial charge < -0.3 is 4.48 Å². The van der Waals surface area contributed by atoms with E-state index >= 15 is 0 Å². The highest BCUT2D eigenvalue weighted by Crippen LogP contribution is 2.51. The molecule has 3 rings (SSSR count). The maximum Gasteiger partial charge on any atom is 0.233 e. The molecule has 0 spiro atoms. The number of hydrogen-bond donors (Lipinski definition) is 0. The first-order chi connectivity index (χ1) is 11.1. The van der Waals surface area contributed by atoms with Gasteiger partial charge in [-0.15, -0.1) is 0 Å². The molecule has 0 N–H and O–H groups in total. The molecule has 0 aromatic rings. The third-order valence-corrected chi connectivity index (χ3v) is 6.28. The van der Waals surface area contributed by atoms with E-state index in [0.29, 0.717) is 6.54 Å². The molecule has 1 heterocycles. The number of hydrogen-bond acceptors (Lipinski definition) is 2. The monoisotopic (exact) mass is 333 g/mol. The molecule has 2 amide bonds. The lowest BCUT2D eigenvalue weighted by Crippen LogP contribution is -2.39. The van der Waals surface area contributed by atoms with Crippen LogP contribution in [0.15, 0.2) is 11.1 Å². The van der Waals surface area contributed by atoms with E-state index in [2.05, 4.69) is 35.0 Å². The molecule has 1 aliphatic heterocycles. The van der Waals surface area contributed by atoms with Gasteiger partial charge in [-0.05, 0) is 37.5 Å². The Balaban J connectivity index is 1.73. The van der Waals surface area contributed by atoms with Gasteiger partial charge in [0.1, 0.15) is 0 Å². The quantitative estimate of drug-likeness (QED) is 0.451. The smallest absolute Gasteiger partial charge is 0.233 e. The van der Waals surface area contributed by atoms with Crippen molar-refractivity contribution in [3.05, 3.63) is 11.1 Å². The standard InChI is InChI=1S/C20H33N2O2/c1-20(2)9-6-8-14-12-15-16(13-17(14)20)19(24)21(18(15)23)10-7-11-22(3,4)5/h15-16H,6-13H2,1-5H3/q+1. The predicted octanol–water partition coefficient (Wildman–Crippen LogP) is 2.98. The van der Waals surface area contributed by atoms with Crippen molar-refractivity contribution >= 4 is 11.8 Å². The van der Waals surface area contributed by atoms with E-state index in [0.717, 1.165) is 36.7 Å². The van der Waals surface area contributed by atoms with E-state index in [1.54, 1.807) is 4.90 Å². The summed E-state index contributed by atoms with van der Waals surface area (Å²) in [6.07, 6.45) is 6.10. The van der Waals surface area contributed by atoms with Crippen LogP contribution in [-0.2, 0) is 9.59 Å². The molecule has 4 nitrogen and oxygen atoms in total. The number of nitrogens with zero attached hydrogens (tertiary/aromatic N) is 2. The molecule has 0 aromatic carbocycles. The normalized spacial score (nSPS) is 29.8. The molecular weight excluding hydrogens is 300 g/mol. The van der Waals surface area contributed by atoms with Gasteiger partial charge in [-0.3, -0.25) is 14.5 Å². The fourth-order valence-corrected chi connectivity index (χ4v) is 4.89. The molecule has 1 saturated heterocycles. The minimum atomic E-state index is -0.0854. The van der Waals surface area contributed by atoms with Gasteiger partial charge in [0.15, 0.2) is 0 Å². The van der Waals surface area contributed by atoms with Crippen LogP contribution in [0.2, 0.25) is 0 Å². The van der Waals surface area contributed by atoms with Crippen molar-refractivity contribution in [2.45, 2.75) is 52.4 Å². The lowest BCUT2D eigenvalue weighted by Gasteiger charge is -2.40. The zero-order valence-corrected chi connectivity index (χ0v) is 16.0. The molecule has 2 aliphatic carbocycles. The number of amides is 2. The van der Waals surface area contributed by atoms with Gasteiger partial charge in [-0.1, -0.05) is 25.0 Å². The number of likely N-dealkylation sites (tertiary alicyclic amines) is 1. The number of carbonyl (C=O) groups excluding carboxylic acids is 2. The van der Waals surface area contributed by atoms with E-state index in [-0.39, 0.29) is 29.1 Å². The summed E-state index contributed by atoms with van der Waals surface area (Å²) in [4.78, 5) is 27.3. The van der Waals surface area contributed by atoms with E-state index in [1.807, 2.05) is 0 Å². The topological polar surface area (TPSA) is 37.4 Å². The fourth-order valence-electron chi connectivity index (χ4n) is 4.89. The maximum atomic E-state index is 12.9. The molecule has 0 bridgehead atoms.